The van der Waals surface area contributed by atoms with Crippen molar-refractivity contribution >= 4 is 23.4 Å². The smallest absolute Gasteiger partial charge is 0.237 e. The van der Waals surface area contributed by atoms with Crippen molar-refractivity contribution in [2.45, 2.75) is 43.5 Å². The van der Waals surface area contributed by atoms with Crippen LogP contribution < -0.4 is 5.32 Å². The highest BCUT2D eigenvalue weighted by atomic mass is 32.2. The van der Waals surface area contributed by atoms with Crippen molar-refractivity contribution < 1.29 is 4.79 Å². The van der Waals surface area contributed by atoms with Gasteiger partial charge in [-0.3, -0.25) is 4.79 Å². The van der Waals surface area contributed by atoms with E-state index in [1.165, 1.54) is 17.3 Å². The Morgan fingerprint density at radius 1 is 1.18 bits per heavy atom. The van der Waals surface area contributed by atoms with E-state index < -0.39 is 0 Å². The Hall–Kier alpha value is -1.88. The molecule has 2 rings (SSSR count). The molecule has 1 amide bonds. The number of carbonyl (C=O) groups is 1. The van der Waals surface area contributed by atoms with Gasteiger partial charge in [0.2, 0.25) is 5.91 Å². The first-order valence-electron chi connectivity index (χ1n) is 7.44. The normalized spacial score (nSPS) is 13.4. The number of anilines is 1. The maximum atomic E-state index is 12.2. The van der Waals surface area contributed by atoms with Crippen molar-refractivity contribution in [1.29, 1.82) is 0 Å². The molecule has 1 aromatic carbocycles. The molecule has 0 bridgehead atoms. The van der Waals surface area contributed by atoms with Gasteiger partial charge in [-0.1, -0.05) is 37.7 Å². The molecule has 4 nitrogen and oxygen atoms in total. The predicted molar refractivity (Wildman–Crippen MR) is 91.1 cm³/mol. The second-order valence-corrected chi connectivity index (χ2v) is 6.52. The molecule has 5 heteroatoms. The Morgan fingerprint density at radius 3 is 2.41 bits per heavy atom. The summed E-state index contributed by atoms with van der Waals surface area (Å²) in [6.45, 7) is 6.22. The fourth-order valence-corrected chi connectivity index (χ4v) is 2.66. The van der Waals surface area contributed by atoms with Crippen LogP contribution in [-0.4, -0.2) is 21.1 Å². The molecule has 2 atom stereocenters. The Balaban J connectivity index is 1.93. The van der Waals surface area contributed by atoms with Crippen molar-refractivity contribution in [3.63, 3.8) is 0 Å². The van der Waals surface area contributed by atoms with Gasteiger partial charge in [0.15, 0.2) is 5.16 Å². The van der Waals surface area contributed by atoms with Gasteiger partial charge >= 0.3 is 0 Å². The maximum absolute atomic E-state index is 12.2. The van der Waals surface area contributed by atoms with E-state index in [9.17, 15) is 4.79 Å². The number of carbonyl (C=O) groups excluding carboxylic acids is 1. The van der Waals surface area contributed by atoms with Crippen molar-refractivity contribution in [2.24, 2.45) is 0 Å². The summed E-state index contributed by atoms with van der Waals surface area (Å²) in [6.07, 6.45) is 4.46. The Kier molecular flexibility index (Phi) is 5.95. The average Bonchev–Trinajstić information content (AvgIpc) is 2.55. The number of thioether (sulfide) groups is 1. The summed E-state index contributed by atoms with van der Waals surface area (Å²) >= 11 is 1.35. The zero-order chi connectivity index (χ0) is 15.9. The van der Waals surface area contributed by atoms with E-state index in [1.807, 2.05) is 19.1 Å². The summed E-state index contributed by atoms with van der Waals surface area (Å²) in [6, 6.07) is 9.81. The van der Waals surface area contributed by atoms with Crippen molar-refractivity contribution in [1.82, 2.24) is 9.97 Å². The minimum atomic E-state index is -0.253. The van der Waals surface area contributed by atoms with Crippen LogP contribution in [0.25, 0.3) is 0 Å². The number of nitrogens with zero attached hydrogens (tertiary/aromatic N) is 2. The standard InChI is InChI=1S/C17H21N3OS/c1-4-12(2)14-6-8-15(9-7-14)20-16(21)13(3)22-17-18-10-5-11-19-17/h5-13H,4H2,1-3H3,(H,20,21)/t12-,13-/m0/s1. The van der Waals surface area contributed by atoms with E-state index in [-0.39, 0.29) is 11.2 Å². The third-order valence-electron chi connectivity index (χ3n) is 3.55. The lowest BCUT2D eigenvalue weighted by molar-refractivity contribution is -0.115. The second-order valence-electron chi connectivity index (χ2n) is 5.21. The highest BCUT2D eigenvalue weighted by Crippen LogP contribution is 2.22. The molecule has 0 aliphatic rings. The fourth-order valence-electron chi connectivity index (χ4n) is 1.93. The van der Waals surface area contributed by atoms with Crippen LogP contribution in [0.5, 0.6) is 0 Å². The summed E-state index contributed by atoms with van der Waals surface area (Å²) < 4.78 is 0. The van der Waals surface area contributed by atoms with Crippen LogP contribution in [-0.2, 0) is 4.79 Å². The topological polar surface area (TPSA) is 54.9 Å². The molecule has 2 aromatic rings. The van der Waals surface area contributed by atoms with E-state index in [1.54, 1.807) is 18.5 Å². The molecule has 0 saturated heterocycles. The molecule has 0 aliphatic carbocycles. The zero-order valence-corrected chi connectivity index (χ0v) is 13.9. The number of hydrogen-bond donors (Lipinski definition) is 1. The molecule has 0 saturated carbocycles. The van der Waals surface area contributed by atoms with Crippen LogP contribution in [0.3, 0.4) is 0 Å². The molecule has 1 N–H and O–H groups in total. The lowest BCUT2D eigenvalue weighted by Gasteiger charge is -2.13. The average molecular weight is 315 g/mol. The van der Waals surface area contributed by atoms with E-state index in [0.717, 1.165) is 12.1 Å². The predicted octanol–water partition coefficient (Wildman–Crippen LogP) is 4.11. The lowest BCUT2D eigenvalue weighted by Crippen LogP contribution is -2.22. The molecule has 0 unspecified atom stereocenters. The lowest BCUT2D eigenvalue weighted by atomic mass is 9.99. The van der Waals surface area contributed by atoms with Gasteiger partial charge in [0.1, 0.15) is 0 Å². The van der Waals surface area contributed by atoms with Gasteiger partial charge in [0, 0.05) is 18.1 Å². The molecule has 0 spiro atoms. The van der Waals surface area contributed by atoms with Gasteiger partial charge in [-0.05, 0) is 43.0 Å². The first kappa shape index (κ1) is 16.5. The van der Waals surface area contributed by atoms with Crippen molar-refractivity contribution in [3.8, 4) is 0 Å². The number of benzene rings is 1. The second kappa shape index (κ2) is 7.94. The van der Waals surface area contributed by atoms with Crippen LogP contribution in [0.4, 0.5) is 5.69 Å². The van der Waals surface area contributed by atoms with Crippen LogP contribution in [0.2, 0.25) is 0 Å². The molecular weight excluding hydrogens is 294 g/mol. The Bertz CT molecular complexity index is 601. The van der Waals surface area contributed by atoms with Gasteiger partial charge in [0.25, 0.3) is 0 Å². The molecule has 0 fully saturated rings. The summed E-state index contributed by atoms with van der Waals surface area (Å²) in [5.74, 6) is 0.489. The van der Waals surface area contributed by atoms with E-state index in [0.29, 0.717) is 11.1 Å². The molecule has 0 aliphatic heterocycles. The number of rotatable bonds is 6. The minimum absolute atomic E-state index is 0.0475. The Labute approximate surface area is 135 Å². The first-order valence-corrected chi connectivity index (χ1v) is 8.32. The summed E-state index contributed by atoms with van der Waals surface area (Å²) in [7, 11) is 0. The molecule has 1 heterocycles. The van der Waals surface area contributed by atoms with Gasteiger partial charge in [-0.2, -0.15) is 0 Å². The Morgan fingerprint density at radius 2 is 1.82 bits per heavy atom. The van der Waals surface area contributed by atoms with Gasteiger partial charge in [0.05, 0.1) is 5.25 Å². The molecule has 116 valence electrons. The maximum Gasteiger partial charge on any atom is 0.237 e. The third kappa shape index (κ3) is 4.56. The largest absolute Gasteiger partial charge is 0.325 e. The zero-order valence-electron chi connectivity index (χ0n) is 13.1. The van der Waals surface area contributed by atoms with Gasteiger partial charge < -0.3 is 5.32 Å². The SMILES string of the molecule is CC[C@H](C)c1ccc(NC(=O)[C@H](C)Sc2ncccn2)cc1. The van der Waals surface area contributed by atoms with Gasteiger partial charge in [-0.25, -0.2) is 9.97 Å². The van der Waals surface area contributed by atoms with Crippen LogP contribution in [0.1, 0.15) is 38.7 Å². The first-order chi connectivity index (χ1) is 10.6. The number of hydrogen-bond acceptors (Lipinski definition) is 4. The van der Waals surface area contributed by atoms with Crippen molar-refractivity contribution in [2.75, 3.05) is 5.32 Å². The van der Waals surface area contributed by atoms with E-state index in [2.05, 4.69) is 41.3 Å². The third-order valence-corrected chi connectivity index (χ3v) is 4.54. The highest BCUT2D eigenvalue weighted by molar-refractivity contribution is 8.00. The van der Waals surface area contributed by atoms with Crippen LogP contribution >= 0.6 is 11.8 Å². The summed E-state index contributed by atoms with van der Waals surface area (Å²) in [5, 5.41) is 3.29. The highest BCUT2D eigenvalue weighted by Gasteiger charge is 2.16. The molecule has 1 aromatic heterocycles. The van der Waals surface area contributed by atoms with Crippen LogP contribution in [0.15, 0.2) is 47.9 Å². The summed E-state index contributed by atoms with van der Waals surface area (Å²) in [4.78, 5) is 20.4. The van der Waals surface area contributed by atoms with Gasteiger partial charge in [-0.15, -0.1) is 0 Å². The molecule has 0 radical (unpaired) electrons. The minimum Gasteiger partial charge on any atom is -0.325 e. The molecule has 22 heavy (non-hydrogen) atoms. The fraction of sp³-hybridized carbons (Fsp3) is 0.353. The summed E-state index contributed by atoms with van der Waals surface area (Å²) in [5.41, 5.74) is 2.11. The number of amides is 1. The number of nitrogens with one attached hydrogen (secondary N) is 1. The van der Waals surface area contributed by atoms with Crippen molar-refractivity contribution in [3.05, 3.63) is 48.3 Å². The quantitative estimate of drug-likeness (QED) is 0.644. The number of aromatic nitrogens is 2. The van der Waals surface area contributed by atoms with Crippen LogP contribution in [0, 0.1) is 0 Å². The van der Waals surface area contributed by atoms with E-state index in [4.69, 9.17) is 0 Å². The monoisotopic (exact) mass is 315 g/mol. The van der Waals surface area contributed by atoms with E-state index >= 15 is 0 Å². The molecular formula is C17H21N3OS.